The van der Waals surface area contributed by atoms with Gasteiger partial charge in [-0.3, -0.25) is 10.1 Å². The average molecular weight is 432 g/mol. The van der Waals surface area contributed by atoms with E-state index >= 15 is 0 Å². The first kappa shape index (κ1) is 18.7. The van der Waals surface area contributed by atoms with Crippen molar-refractivity contribution < 1.29 is 4.92 Å². The molecule has 0 spiro atoms. The van der Waals surface area contributed by atoms with E-state index in [-0.39, 0.29) is 10.6 Å². The first-order valence-corrected chi connectivity index (χ1v) is 11.2. The number of fused-ring (bicyclic) bond motifs is 5. The van der Waals surface area contributed by atoms with E-state index in [0.29, 0.717) is 5.56 Å². The van der Waals surface area contributed by atoms with Crippen molar-refractivity contribution in [2.24, 2.45) is 0 Å². The van der Waals surface area contributed by atoms with Crippen LogP contribution in [0.3, 0.4) is 0 Å². The highest BCUT2D eigenvalue weighted by atomic mass is 32.1. The molecule has 0 unspecified atom stereocenters. The van der Waals surface area contributed by atoms with E-state index in [1.165, 1.54) is 25.6 Å². The Hall–Kier alpha value is -4.02. The standard InChI is InChI=1S/C28H17NO2S/c30-29(31)25-14-11-19(18-6-2-1-3-7-18)17-24(25)21-10-13-22-20(16-21)12-15-27-28(22)23-8-4-5-9-26(23)32-27/h1-17H. The van der Waals surface area contributed by atoms with Gasteiger partial charge in [-0.1, -0.05) is 66.7 Å². The van der Waals surface area contributed by atoms with Gasteiger partial charge in [-0.15, -0.1) is 11.3 Å². The quantitative estimate of drug-likeness (QED) is 0.208. The molecule has 0 atom stereocenters. The molecule has 0 saturated heterocycles. The Balaban J connectivity index is 1.58. The number of nitro groups is 1. The molecule has 6 aromatic rings. The number of hydrogen-bond donors (Lipinski definition) is 0. The van der Waals surface area contributed by atoms with Crippen LogP contribution in [0, 0.1) is 10.1 Å². The maximum absolute atomic E-state index is 11.8. The molecule has 152 valence electrons. The van der Waals surface area contributed by atoms with Crippen molar-refractivity contribution in [1.29, 1.82) is 0 Å². The zero-order chi connectivity index (χ0) is 21.7. The summed E-state index contributed by atoms with van der Waals surface area (Å²) in [5.41, 5.74) is 3.60. The second-order valence-electron chi connectivity index (χ2n) is 7.83. The van der Waals surface area contributed by atoms with Gasteiger partial charge >= 0.3 is 0 Å². The van der Waals surface area contributed by atoms with Gasteiger partial charge in [0.05, 0.1) is 10.5 Å². The minimum absolute atomic E-state index is 0.117. The summed E-state index contributed by atoms with van der Waals surface area (Å²) in [4.78, 5) is 11.5. The molecule has 1 heterocycles. The highest BCUT2D eigenvalue weighted by Gasteiger charge is 2.17. The first-order chi connectivity index (χ1) is 15.7. The second-order valence-corrected chi connectivity index (χ2v) is 8.91. The van der Waals surface area contributed by atoms with Gasteiger partial charge < -0.3 is 0 Å². The number of benzene rings is 5. The Bertz CT molecular complexity index is 1650. The molecule has 4 heteroatoms. The molecule has 3 nitrogen and oxygen atoms in total. The van der Waals surface area contributed by atoms with Crippen molar-refractivity contribution in [2.45, 2.75) is 0 Å². The second kappa shape index (κ2) is 7.29. The number of thiophene rings is 1. The molecular weight excluding hydrogens is 414 g/mol. The van der Waals surface area contributed by atoms with Crippen LogP contribution >= 0.6 is 11.3 Å². The van der Waals surface area contributed by atoms with Gasteiger partial charge in [-0.2, -0.15) is 0 Å². The van der Waals surface area contributed by atoms with Crippen molar-refractivity contribution in [3.05, 3.63) is 113 Å². The van der Waals surface area contributed by atoms with Gasteiger partial charge in [-0.25, -0.2) is 0 Å². The fourth-order valence-corrected chi connectivity index (χ4v) is 5.58. The predicted octanol–water partition coefficient (Wildman–Crippen LogP) is 8.45. The number of rotatable bonds is 3. The maximum atomic E-state index is 11.8. The normalized spacial score (nSPS) is 11.4. The minimum atomic E-state index is -0.302. The van der Waals surface area contributed by atoms with Crippen LogP contribution < -0.4 is 0 Å². The fourth-order valence-electron chi connectivity index (χ4n) is 4.46. The molecule has 0 aliphatic carbocycles. The van der Waals surface area contributed by atoms with E-state index in [1.54, 1.807) is 17.4 Å². The van der Waals surface area contributed by atoms with Crippen LogP contribution in [-0.2, 0) is 0 Å². The molecule has 0 aliphatic rings. The van der Waals surface area contributed by atoms with Crippen LogP contribution in [0.1, 0.15) is 0 Å². The van der Waals surface area contributed by atoms with E-state index < -0.39 is 0 Å². The van der Waals surface area contributed by atoms with Crippen LogP contribution in [0.4, 0.5) is 5.69 Å². The maximum Gasteiger partial charge on any atom is 0.277 e. The van der Waals surface area contributed by atoms with Gasteiger partial charge in [0.15, 0.2) is 0 Å². The third-order valence-electron chi connectivity index (χ3n) is 5.97. The van der Waals surface area contributed by atoms with E-state index in [4.69, 9.17) is 0 Å². The highest BCUT2D eigenvalue weighted by molar-refractivity contribution is 7.26. The SMILES string of the molecule is O=[N+]([O-])c1ccc(-c2ccccc2)cc1-c1ccc2c(ccc3sc4ccccc4c32)c1. The Labute approximate surface area is 188 Å². The van der Waals surface area contributed by atoms with Crippen molar-refractivity contribution in [1.82, 2.24) is 0 Å². The number of nitrogens with zero attached hydrogens (tertiary/aromatic N) is 1. The molecule has 0 radical (unpaired) electrons. The van der Waals surface area contributed by atoms with Crippen molar-refractivity contribution in [2.75, 3.05) is 0 Å². The van der Waals surface area contributed by atoms with Crippen LogP contribution in [0.25, 0.3) is 53.2 Å². The monoisotopic (exact) mass is 431 g/mol. The summed E-state index contributed by atoms with van der Waals surface area (Å²) in [6.07, 6.45) is 0. The Morgan fingerprint density at radius 1 is 0.625 bits per heavy atom. The smallest absolute Gasteiger partial charge is 0.258 e. The lowest BCUT2D eigenvalue weighted by atomic mass is 9.95. The van der Waals surface area contributed by atoms with E-state index in [9.17, 15) is 10.1 Å². The molecule has 0 amide bonds. The Morgan fingerprint density at radius 2 is 1.41 bits per heavy atom. The molecule has 0 bridgehead atoms. The lowest BCUT2D eigenvalue weighted by Crippen LogP contribution is -1.93. The van der Waals surface area contributed by atoms with Gasteiger partial charge in [0.2, 0.25) is 0 Å². The van der Waals surface area contributed by atoms with Gasteiger partial charge in [-0.05, 0) is 57.8 Å². The molecule has 0 N–H and O–H groups in total. The average Bonchev–Trinajstić information content (AvgIpc) is 3.23. The summed E-state index contributed by atoms with van der Waals surface area (Å²) in [6.45, 7) is 0. The van der Waals surface area contributed by atoms with E-state index in [1.807, 2.05) is 48.5 Å². The summed E-state index contributed by atoms with van der Waals surface area (Å²) in [7, 11) is 0. The summed E-state index contributed by atoms with van der Waals surface area (Å²) in [6, 6.07) is 34.2. The predicted molar refractivity (Wildman–Crippen MR) is 134 cm³/mol. The van der Waals surface area contributed by atoms with Crippen molar-refractivity contribution in [3.8, 4) is 22.3 Å². The molecule has 0 aliphatic heterocycles. The third-order valence-corrected chi connectivity index (χ3v) is 7.11. The highest BCUT2D eigenvalue weighted by Crippen LogP contribution is 2.41. The lowest BCUT2D eigenvalue weighted by molar-refractivity contribution is -0.384. The van der Waals surface area contributed by atoms with Crippen LogP contribution in [-0.4, -0.2) is 4.92 Å². The van der Waals surface area contributed by atoms with E-state index in [0.717, 1.165) is 22.1 Å². The lowest BCUT2D eigenvalue weighted by Gasteiger charge is -2.09. The minimum Gasteiger partial charge on any atom is -0.258 e. The van der Waals surface area contributed by atoms with Gasteiger partial charge in [0.25, 0.3) is 5.69 Å². The molecule has 32 heavy (non-hydrogen) atoms. The fraction of sp³-hybridized carbons (Fsp3) is 0. The molecule has 5 aromatic carbocycles. The molecule has 1 aromatic heterocycles. The first-order valence-electron chi connectivity index (χ1n) is 10.4. The van der Waals surface area contributed by atoms with Gasteiger partial charge in [0, 0.05) is 26.2 Å². The van der Waals surface area contributed by atoms with Crippen molar-refractivity contribution >= 4 is 48.0 Å². The van der Waals surface area contributed by atoms with Crippen LogP contribution in [0.5, 0.6) is 0 Å². The molecular formula is C28H17NO2S. The molecule has 0 saturated carbocycles. The van der Waals surface area contributed by atoms with Crippen molar-refractivity contribution in [3.63, 3.8) is 0 Å². The zero-order valence-electron chi connectivity index (χ0n) is 17.0. The third kappa shape index (κ3) is 2.96. The summed E-state index contributed by atoms with van der Waals surface area (Å²) in [5, 5.41) is 16.6. The summed E-state index contributed by atoms with van der Waals surface area (Å²) < 4.78 is 2.52. The zero-order valence-corrected chi connectivity index (χ0v) is 17.8. The summed E-state index contributed by atoms with van der Waals surface area (Å²) in [5.74, 6) is 0. The Morgan fingerprint density at radius 3 is 2.25 bits per heavy atom. The summed E-state index contributed by atoms with van der Waals surface area (Å²) >= 11 is 1.79. The number of nitro benzene ring substituents is 1. The number of hydrogen-bond acceptors (Lipinski definition) is 3. The van der Waals surface area contributed by atoms with Crippen LogP contribution in [0.15, 0.2) is 103 Å². The Kier molecular flexibility index (Phi) is 4.27. The molecule has 6 rings (SSSR count). The topological polar surface area (TPSA) is 43.1 Å². The largest absolute Gasteiger partial charge is 0.277 e. The molecule has 0 fully saturated rings. The van der Waals surface area contributed by atoms with Crippen LogP contribution in [0.2, 0.25) is 0 Å². The van der Waals surface area contributed by atoms with E-state index in [2.05, 4.69) is 48.5 Å². The van der Waals surface area contributed by atoms with Gasteiger partial charge in [0.1, 0.15) is 0 Å².